The lowest BCUT2D eigenvalue weighted by Crippen LogP contribution is -2.68. The van der Waals surface area contributed by atoms with Crippen LogP contribution in [0, 0.1) is 15.5 Å². The first-order valence-corrected chi connectivity index (χ1v) is 10.9. The first-order chi connectivity index (χ1) is 14.0. The molecule has 0 N–H and O–H groups in total. The van der Waals surface area contributed by atoms with Crippen LogP contribution in [-0.4, -0.2) is 59.6 Å². The highest BCUT2D eigenvalue weighted by molar-refractivity contribution is 5.69. The zero-order valence-electron chi connectivity index (χ0n) is 17.2. The third kappa shape index (κ3) is 4.25. The Morgan fingerprint density at radius 3 is 2.45 bits per heavy atom. The first-order valence-electron chi connectivity index (χ1n) is 10.9. The quantitative estimate of drug-likeness (QED) is 0.406. The van der Waals surface area contributed by atoms with E-state index in [1.165, 1.54) is 18.4 Å². The van der Waals surface area contributed by atoms with Crippen molar-refractivity contribution in [2.75, 3.05) is 32.8 Å². The Bertz CT molecular complexity index is 729. The third-order valence-corrected chi connectivity index (χ3v) is 6.99. The molecule has 2 aliphatic heterocycles. The number of hydrogen-bond acceptors (Lipinski definition) is 5. The molecule has 1 aromatic carbocycles. The van der Waals surface area contributed by atoms with E-state index in [0.717, 1.165) is 51.9 Å². The van der Waals surface area contributed by atoms with Crippen LogP contribution in [0.25, 0.3) is 0 Å². The van der Waals surface area contributed by atoms with Crippen molar-refractivity contribution in [3.63, 3.8) is 0 Å². The highest BCUT2D eigenvalue weighted by Crippen LogP contribution is 2.51. The highest BCUT2D eigenvalue weighted by atomic mass is 16.6. The Labute approximate surface area is 172 Å². The van der Waals surface area contributed by atoms with Gasteiger partial charge in [-0.25, -0.2) is 4.79 Å². The predicted molar refractivity (Wildman–Crippen MR) is 110 cm³/mol. The van der Waals surface area contributed by atoms with E-state index in [1.54, 1.807) is 12.1 Å². The van der Waals surface area contributed by atoms with Crippen LogP contribution in [0.15, 0.2) is 24.3 Å². The summed E-state index contributed by atoms with van der Waals surface area (Å²) in [6.07, 6.45) is 6.43. The molecule has 3 aliphatic rings. The maximum atomic E-state index is 12.0. The minimum Gasteiger partial charge on any atom is -0.449 e. The van der Waals surface area contributed by atoms with E-state index in [-0.39, 0.29) is 16.7 Å². The van der Waals surface area contributed by atoms with Gasteiger partial charge in [-0.3, -0.25) is 10.1 Å². The predicted octanol–water partition coefficient (Wildman–Crippen LogP) is 4.18. The second-order valence-electron chi connectivity index (χ2n) is 9.04. The molecule has 29 heavy (non-hydrogen) atoms. The van der Waals surface area contributed by atoms with Crippen molar-refractivity contribution >= 4 is 11.8 Å². The summed E-state index contributed by atoms with van der Waals surface area (Å²) in [6, 6.07) is 7.71. The van der Waals surface area contributed by atoms with Crippen molar-refractivity contribution in [2.45, 2.75) is 57.4 Å². The van der Waals surface area contributed by atoms with Crippen molar-refractivity contribution in [2.24, 2.45) is 5.41 Å². The fraction of sp³-hybridized carbons (Fsp3) is 0.682. The van der Waals surface area contributed by atoms with Crippen molar-refractivity contribution in [3.8, 4) is 0 Å². The van der Waals surface area contributed by atoms with E-state index in [1.807, 2.05) is 17.0 Å². The van der Waals surface area contributed by atoms with Crippen LogP contribution in [-0.2, 0) is 4.74 Å². The van der Waals surface area contributed by atoms with Crippen LogP contribution >= 0.6 is 0 Å². The lowest BCUT2D eigenvalue weighted by atomic mass is 9.60. The van der Waals surface area contributed by atoms with E-state index in [0.29, 0.717) is 24.0 Å². The molecule has 1 amide bonds. The zero-order chi connectivity index (χ0) is 20.4. The standard InChI is InChI=1S/C22H31N3O4/c1-2-3-12-29-21(26)24-15-22(16-24)13-20(14-22)23-10-8-18(9-11-23)17-4-6-19(7-5-17)25(27)28/h4-7,18,20H,2-3,8-16H2,1H3. The Morgan fingerprint density at radius 1 is 1.21 bits per heavy atom. The molecule has 158 valence electrons. The van der Waals surface area contributed by atoms with Crippen LogP contribution in [0.1, 0.15) is 56.9 Å². The Balaban J connectivity index is 1.18. The fourth-order valence-electron chi connectivity index (χ4n) is 5.21. The summed E-state index contributed by atoms with van der Waals surface area (Å²) < 4.78 is 5.30. The van der Waals surface area contributed by atoms with Crippen LogP contribution in [0.2, 0.25) is 0 Å². The number of carbonyl (C=O) groups excluding carboxylic acids is 1. The minimum absolute atomic E-state index is 0.142. The van der Waals surface area contributed by atoms with Gasteiger partial charge in [0.2, 0.25) is 0 Å². The van der Waals surface area contributed by atoms with Gasteiger partial charge in [-0.1, -0.05) is 25.5 Å². The number of unbranched alkanes of at least 4 members (excludes halogenated alkanes) is 1. The van der Waals surface area contributed by atoms with Gasteiger partial charge in [-0.2, -0.15) is 0 Å². The molecule has 2 heterocycles. The fourth-order valence-corrected chi connectivity index (χ4v) is 5.21. The molecular formula is C22H31N3O4. The zero-order valence-corrected chi connectivity index (χ0v) is 17.2. The average Bonchev–Trinajstić information content (AvgIpc) is 2.66. The summed E-state index contributed by atoms with van der Waals surface area (Å²) >= 11 is 0. The lowest BCUT2D eigenvalue weighted by Gasteiger charge is -2.61. The number of nitro groups is 1. The van der Waals surface area contributed by atoms with Crippen LogP contribution in [0.3, 0.4) is 0 Å². The number of piperidine rings is 1. The van der Waals surface area contributed by atoms with E-state index in [2.05, 4.69) is 11.8 Å². The normalized spacial score (nSPS) is 22.2. The smallest absolute Gasteiger partial charge is 0.409 e. The third-order valence-electron chi connectivity index (χ3n) is 6.99. The Hall–Kier alpha value is -2.15. The number of nitrogens with zero attached hydrogens (tertiary/aromatic N) is 3. The second-order valence-corrected chi connectivity index (χ2v) is 9.04. The molecule has 3 fully saturated rings. The molecule has 0 bridgehead atoms. The SMILES string of the molecule is CCCCOC(=O)N1CC2(CC(N3CCC(c4ccc([N+](=O)[O-])cc4)CC3)C2)C1. The first kappa shape index (κ1) is 20.1. The molecule has 1 saturated carbocycles. The average molecular weight is 402 g/mol. The van der Waals surface area contributed by atoms with E-state index in [9.17, 15) is 14.9 Å². The molecule has 1 aromatic rings. The van der Waals surface area contributed by atoms with Crippen molar-refractivity contribution in [3.05, 3.63) is 39.9 Å². The van der Waals surface area contributed by atoms with Gasteiger partial charge in [0.05, 0.1) is 11.5 Å². The monoisotopic (exact) mass is 401 g/mol. The molecule has 1 aliphatic carbocycles. The summed E-state index contributed by atoms with van der Waals surface area (Å²) in [7, 11) is 0. The largest absolute Gasteiger partial charge is 0.449 e. The number of nitro benzene ring substituents is 1. The number of ether oxygens (including phenoxy) is 1. The van der Waals surface area contributed by atoms with Gasteiger partial charge in [0.25, 0.3) is 5.69 Å². The second kappa shape index (κ2) is 8.30. The molecule has 7 heteroatoms. The molecule has 0 aromatic heterocycles. The summed E-state index contributed by atoms with van der Waals surface area (Å²) in [4.78, 5) is 26.9. The molecule has 2 saturated heterocycles. The van der Waals surface area contributed by atoms with Crippen molar-refractivity contribution in [1.29, 1.82) is 0 Å². The molecule has 0 unspecified atom stereocenters. The van der Waals surface area contributed by atoms with E-state index in [4.69, 9.17) is 4.74 Å². The molecule has 0 radical (unpaired) electrons. The topological polar surface area (TPSA) is 75.9 Å². The van der Waals surface area contributed by atoms with Gasteiger partial charge < -0.3 is 14.5 Å². The number of likely N-dealkylation sites (tertiary alicyclic amines) is 2. The number of hydrogen-bond donors (Lipinski definition) is 0. The van der Waals surface area contributed by atoms with Gasteiger partial charge in [0, 0.05) is 36.7 Å². The van der Waals surface area contributed by atoms with Gasteiger partial charge in [0.15, 0.2) is 0 Å². The summed E-state index contributed by atoms with van der Waals surface area (Å²) in [5.74, 6) is 0.498. The molecule has 0 atom stereocenters. The summed E-state index contributed by atoms with van der Waals surface area (Å²) in [6.45, 7) is 6.51. The van der Waals surface area contributed by atoms with Gasteiger partial charge in [-0.15, -0.1) is 0 Å². The van der Waals surface area contributed by atoms with Crippen LogP contribution < -0.4 is 0 Å². The van der Waals surface area contributed by atoms with E-state index >= 15 is 0 Å². The Kier molecular flexibility index (Phi) is 5.76. The lowest BCUT2D eigenvalue weighted by molar-refractivity contribution is -0.384. The van der Waals surface area contributed by atoms with Crippen LogP contribution in [0.4, 0.5) is 10.5 Å². The molecule has 1 spiro atoms. The van der Waals surface area contributed by atoms with Crippen molar-refractivity contribution < 1.29 is 14.5 Å². The number of non-ortho nitro benzene ring substituents is 1. The Morgan fingerprint density at radius 2 is 1.86 bits per heavy atom. The summed E-state index contributed by atoms with van der Waals surface area (Å²) in [5, 5.41) is 10.8. The summed E-state index contributed by atoms with van der Waals surface area (Å²) in [5.41, 5.74) is 1.72. The van der Waals surface area contributed by atoms with Gasteiger partial charge >= 0.3 is 6.09 Å². The number of carbonyl (C=O) groups is 1. The van der Waals surface area contributed by atoms with Gasteiger partial charge in [-0.05, 0) is 56.7 Å². The number of rotatable bonds is 6. The molecule has 4 rings (SSSR count). The van der Waals surface area contributed by atoms with Crippen molar-refractivity contribution in [1.82, 2.24) is 9.80 Å². The number of benzene rings is 1. The molecule has 7 nitrogen and oxygen atoms in total. The maximum Gasteiger partial charge on any atom is 0.409 e. The number of amides is 1. The van der Waals surface area contributed by atoms with E-state index < -0.39 is 0 Å². The van der Waals surface area contributed by atoms with Crippen LogP contribution in [0.5, 0.6) is 0 Å². The minimum atomic E-state index is -0.342. The highest BCUT2D eigenvalue weighted by Gasteiger charge is 2.55. The molecular weight excluding hydrogens is 370 g/mol. The van der Waals surface area contributed by atoms with Gasteiger partial charge in [0.1, 0.15) is 0 Å². The maximum absolute atomic E-state index is 12.0.